The van der Waals surface area contributed by atoms with Gasteiger partial charge in [0.2, 0.25) is 0 Å². The summed E-state index contributed by atoms with van der Waals surface area (Å²) in [6.07, 6.45) is 5.94. The maximum absolute atomic E-state index is 10.6. The first kappa shape index (κ1) is 13.1. The number of nitrogens with zero attached hydrogens (tertiary/aromatic N) is 1. The number of ether oxygens (including phenoxy) is 1. The summed E-state index contributed by atoms with van der Waals surface area (Å²) in [6.45, 7) is 0. The highest BCUT2D eigenvalue weighted by molar-refractivity contribution is 5.74. The van der Waals surface area contributed by atoms with Crippen LogP contribution in [0.4, 0.5) is 0 Å². The van der Waals surface area contributed by atoms with Crippen molar-refractivity contribution in [3.05, 3.63) is 29.8 Å². The number of hydrogen-bond acceptors (Lipinski definition) is 3. The van der Waals surface area contributed by atoms with Crippen LogP contribution in [0.2, 0.25) is 0 Å². The first-order valence-corrected chi connectivity index (χ1v) is 6.59. The largest absolute Gasteiger partial charge is 0.489 e. The van der Waals surface area contributed by atoms with Crippen LogP contribution in [0.3, 0.4) is 0 Å². The van der Waals surface area contributed by atoms with E-state index < -0.39 is 0 Å². The SMILES string of the molecule is CN(C)C1CCCCC1Oc1ccc(C=O)cc1. The molecule has 0 N–H and O–H groups in total. The molecular weight excluding hydrogens is 226 g/mol. The fourth-order valence-corrected chi connectivity index (χ4v) is 2.61. The lowest BCUT2D eigenvalue weighted by atomic mass is 9.91. The van der Waals surface area contributed by atoms with Gasteiger partial charge in [-0.15, -0.1) is 0 Å². The number of carbonyl (C=O) groups is 1. The van der Waals surface area contributed by atoms with Crippen LogP contribution in [0, 0.1) is 0 Å². The molecule has 2 atom stereocenters. The van der Waals surface area contributed by atoms with E-state index in [0.29, 0.717) is 11.6 Å². The van der Waals surface area contributed by atoms with Crippen molar-refractivity contribution in [2.24, 2.45) is 0 Å². The van der Waals surface area contributed by atoms with Crippen LogP contribution >= 0.6 is 0 Å². The molecule has 3 nitrogen and oxygen atoms in total. The van der Waals surface area contributed by atoms with Crippen molar-refractivity contribution in [1.29, 1.82) is 0 Å². The Morgan fingerprint density at radius 1 is 1.17 bits per heavy atom. The van der Waals surface area contributed by atoms with E-state index in [1.165, 1.54) is 19.3 Å². The highest BCUT2D eigenvalue weighted by Crippen LogP contribution is 2.26. The van der Waals surface area contributed by atoms with E-state index in [9.17, 15) is 4.79 Å². The third-order valence-corrected chi connectivity index (χ3v) is 3.63. The molecule has 1 aliphatic rings. The summed E-state index contributed by atoms with van der Waals surface area (Å²) >= 11 is 0. The molecule has 3 heteroatoms. The Labute approximate surface area is 109 Å². The molecule has 98 valence electrons. The molecule has 18 heavy (non-hydrogen) atoms. The second-order valence-electron chi connectivity index (χ2n) is 5.16. The number of likely N-dealkylation sites (N-methyl/N-ethyl adjacent to an activating group) is 1. The van der Waals surface area contributed by atoms with E-state index in [-0.39, 0.29) is 6.10 Å². The van der Waals surface area contributed by atoms with Crippen molar-refractivity contribution in [3.8, 4) is 5.75 Å². The average Bonchev–Trinajstić information content (AvgIpc) is 2.40. The number of rotatable bonds is 4. The van der Waals surface area contributed by atoms with Gasteiger partial charge >= 0.3 is 0 Å². The molecule has 0 saturated heterocycles. The summed E-state index contributed by atoms with van der Waals surface area (Å²) in [5, 5.41) is 0. The Morgan fingerprint density at radius 3 is 2.44 bits per heavy atom. The lowest BCUT2D eigenvalue weighted by Crippen LogP contribution is -2.44. The Balaban J connectivity index is 2.03. The van der Waals surface area contributed by atoms with Crippen LogP contribution in [-0.2, 0) is 0 Å². The maximum atomic E-state index is 10.6. The zero-order valence-electron chi connectivity index (χ0n) is 11.1. The number of hydrogen-bond donors (Lipinski definition) is 0. The molecule has 1 fully saturated rings. The van der Waals surface area contributed by atoms with Gasteiger partial charge in [-0.1, -0.05) is 6.42 Å². The van der Waals surface area contributed by atoms with Crippen molar-refractivity contribution >= 4 is 6.29 Å². The standard InChI is InChI=1S/C15H21NO2/c1-16(2)14-5-3-4-6-15(14)18-13-9-7-12(11-17)8-10-13/h7-11,14-15H,3-6H2,1-2H3. The number of aldehydes is 1. The Bertz CT molecular complexity index is 386. The maximum Gasteiger partial charge on any atom is 0.150 e. The fourth-order valence-electron chi connectivity index (χ4n) is 2.61. The van der Waals surface area contributed by atoms with Crippen LogP contribution in [-0.4, -0.2) is 37.4 Å². The van der Waals surface area contributed by atoms with Crippen LogP contribution in [0.1, 0.15) is 36.0 Å². The Kier molecular flexibility index (Phi) is 4.37. The third kappa shape index (κ3) is 3.10. The van der Waals surface area contributed by atoms with Crippen LogP contribution in [0.25, 0.3) is 0 Å². The van der Waals surface area contributed by atoms with Crippen molar-refractivity contribution in [2.45, 2.75) is 37.8 Å². The van der Waals surface area contributed by atoms with Gasteiger partial charge in [0, 0.05) is 11.6 Å². The van der Waals surface area contributed by atoms with Crippen molar-refractivity contribution in [3.63, 3.8) is 0 Å². The van der Waals surface area contributed by atoms with E-state index >= 15 is 0 Å². The molecule has 1 aliphatic carbocycles. The third-order valence-electron chi connectivity index (χ3n) is 3.63. The summed E-state index contributed by atoms with van der Waals surface area (Å²) in [6, 6.07) is 7.85. The molecule has 0 aromatic heterocycles. The van der Waals surface area contributed by atoms with Crippen molar-refractivity contribution < 1.29 is 9.53 Å². The molecule has 1 aromatic carbocycles. The predicted octanol–water partition coefficient (Wildman–Crippen LogP) is 2.75. The number of benzene rings is 1. The van der Waals surface area contributed by atoms with E-state index in [1.54, 1.807) is 12.1 Å². The lowest BCUT2D eigenvalue weighted by Gasteiger charge is -2.36. The topological polar surface area (TPSA) is 29.5 Å². The highest BCUT2D eigenvalue weighted by Gasteiger charge is 2.28. The Morgan fingerprint density at radius 2 is 1.83 bits per heavy atom. The normalized spacial score (nSPS) is 23.9. The fraction of sp³-hybridized carbons (Fsp3) is 0.533. The van der Waals surface area contributed by atoms with Gasteiger partial charge in [-0.2, -0.15) is 0 Å². The molecule has 0 heterocycles. The average molecular weight is 247 g/mol. The molecule has 1 saturated carbocycles. The van der Waals surface area contributed by atoms with Crippen LogP contribution in [0.15, 0.2) is 24.3 Å². The van der Waals surface area contributed by atoms with E-state index in [0.717, 1.165) is 18.5 Å². The second-order valence-corrected chi connectivity index (χ2v) is 5.16. The van der Waals surface area contributed by atoms with Crippen molar-refractivity contribution in [1.82, 2.24) is 4.90 Å². The summed E-state index contributed by atoms with van der Waals surface area (Å²) in [5.74, 6) is 0.861. The first-order chi connectivity index (χ1) is 8.70. The summed E-state index contributed by atoms with van der Waals surface area (Å²) in [4.78, 5) is 12.9. The van der Waals surface area contributed by atoms with E-state index in [1.807, 2.05) is 12.1 Å². The minimum atomic E-state index is 0.260. The predicted molar refractivity (Wildman–Crippen MR) is 72.2 cm³/mol. The molecular formula is C15H21NO2. The van der Waals surface area contributed by atoms with Crippen molar-refractivity contribution in [2.75, 3.05) is 14.1 Å². The quantitative estimate of drug-likeness (QED) is 0.766. The molecule has 0 spiro atoms. The minimum Gasteiger partial charge on any atom is -0.489 e. The van der Waals surface area contributed by atoms with Crippen LogP contribution < -0.4 is 4.74 Å². The first-order valence-electron chi connectivity index (χ1n) is 6.59. The van der Waals surface area contributed by atoms with Gasteiger partial charge < -0.3 is 9.64 Å². The molecule has 0 amide bonds. The molecule has 0 aliphatic heterocycles. The number of carbonyl (C=O) groups excluding carboxylic acids is 1. The van der Waals surface area contributed by atoms with Gasteiger partial charge in [0.15, 0.2) is 0 Å². The summed E-state index contributed by atoms with van der Waals surface area (Å²) in [7, 11) is 4.23. The summed E-state index contributed by atoms with van der Waals surface area (Å²) in [5.41, 5.74) is 0.690. The van der Waals surface area contributed by atoms with Gasteiger partial charge in [0.1, 0.15) is 18.1 Å². The minimum absolute atomic E-state index is 0.260. The highest BCUT2D eigenvalue weighted by atomic mass is 16.5. The molecule has 1 aromatic rings. The van der Waals surface area contributed by atoms with E-state index in [2.05, 4.69) is 19.0 Å². The van der Waals surface area contributed by atoms with Gasteiger partial charge in [0.25, 0.3) is 0 Å². The van der Waals surface area contributed by atoms with E-state index in [4.69, 9.17) is 4.74 Å². The Hall–Kier alpha value is -1.35. The second kappa shape index (κ2) is 6.01. The zero-order chi connectivity index (χ0) is 13.0. The molecule has 0 radical (unpaired) electrons. The molecule has 2 rings (SSSR count). The summed E-state index contributed by atoms with van der Waals surface area (Å²) < 4.78 is 6.07. The van der Waals surface area contributed by atoms with Crippen LogP contribution in [0.5, 0.6) is 5.75 Å². The molecule has 0 bridgehead atoms. The van der Waals surface area contributed by atoms with Gasteiger partial charge in [-0.3, -0.25) is 4.79 Å². The smallest absolute Gasteiger partial charge is 0.150 e. The molecule has 2 unspecified atom stereocenters. The van der Waals surface area contributed by atoms with Gasteiger partial charge in [-0.25, -0.2) is 0 Å². The lowest BCUT2D eigenvalue weighted by molar-refractivity contribution is 0.0623. The van der Waals surface area contributed by atoms with Gasteiger partial charge in [0.05, 0.1) is 0 Å². The monoisotopic (exact) mass is 247 g/mol. The zero-order valence-corrected chi connectivity index (χ0v) is 11.1. The van der Waals surface area contributed by atoms with Gasteiger partial charge in [-0.05, 0) is 57.6 Å².